The second-order valence-corrected chi connectivity index (χ2v) is 23.6. The lowest BCUT2D eigenvalue weighted by atomic mass is 10.0. The highest BCUT2D eigenvalue weighted by Crippen LogP contribution is 2.15. The first kappa shape index (κ1) is 34.2. The molecule has 0 saturated heterocycles. The Labute approximate surface area is 215 Å². The molecule has 0 aromatic carbocycles. The van der Waals surface area contributed by atoms with Crippen molar-refractivity contribution >= 4 is 33.3 Å². The average Bonchev–Trinajstić information content (AvgIpc) is 2.64. The van der Waals surface area contributed by atoms with Crippen LogP contribution in [-0.4, -0.2) is 201 Å². The van der Waals surface area contributed by atoms with Gasteiger partial charge in [-0.2, -0.15) is 0 Å². The highest BCUT2D eigenvalue weighted by molar-refractivity contribution is 6.90. The van der Waals surface area contributed by atoms with Crippen molar-refractivity contribution in [2.24, 2.45) is 0 Å². The molecule has 0 fully saturated rings. The molecule has 0 rings (SSSR count). The largest absolute Gasteiger partial charge is 0.383 e. The first-order valence-electron chi connectivity index (χ1n) is 11.7. The molecular formula is C18H57BN12Si3. The first-order valence-corrected chi connectivity index (χ1v) is 17.2. The summed E-state index contributed by atoms with van der Waals surface area (Å²) in [6, 6.07) is 0. The molecule has 0 bridgehead atoms. The zero-order valence-electron chi connectivity index (χ0n) is 25.6. The van der Waals surface area contributed by atoms with Crippen molar-refractivity contribution in [3.8, 4) is 0 Å². The van der Waals surface area contributed by atoms with Gasteiger partial charge in [0.2, 0.25) is 0 Å². The van der Waals surface area contributed by atoms with Gasteiger partial charge in [-0.25, -0.2) is 0 Å². The second kappa shape index (κ2) is 13.2. The fraction of sp³-hybridized carbons (Fsp3) is 1.00. The van der Waals surface area contributed by atoms with Gasteiger partial charge in [0.25, 0.3) is 0 Å². The lowest BCUT2D eigenvalue weighted by Gasteiger charge is -2.54. The summed E-state index contributed by atoms with van der Waals surface area (Å²) >= 11 is 0. The van der Waals surface area contributed by atoms with Crippen LogP contribution in [0.15, 0.2) is 0 Å². The normalized spacial score (nSPS) is 14.6. The molecule has 0 heterocycles. The lowest BCUT2D eigenvalue weighted by Crippen LogP contribution is -2.93. The second-order valence-electron chi connectivity index (χ2n) is 10.8. The van der Waals surface area contributed by atoms with Gasteiger partial charge in [-0.1, -0.05) is 0 Å². The van der Waals surface area contributed by atoms with E-state index in [2.05, 4.69) is 183 Å². The van der Waals surface area contributed by atoms with Crippen LogP contribution in [0.3, 0.4) is 0 Å². The molecule has 0 unspecified atom stereocenters. The zero-order chi connectivity index (χ0) is 27.4. The lowest BCUT2D eigenvalue weighted by molar-refractivity contribution is 0.355. The van der Waals surface area contributed by atoms with Crippen molar-refractivity contribution in [1.82, 2.24) is 55.8 Å². The molecule has 0 spiro atoms. The van der Waals surface area contributed by atoms with Gasteiger partial charge in [-0.05, 0) is 127 Å². The van der Waals surface area contributed by atoms with Crippen molar-refractivity contribution < 1.29 is 0 Å². The van der Waals surface area contributed by atoms with E-state index in [1.165, 1.54) is 0 Å². The molecule has 0 aromatic rings. The molecule has 16 heteroatoms. The minimum absolute atomic E-state index is 0.184. The Balaban J connectivity index is 7.02. The smallest absolute Gasteiger partial charge is 0.313 e. The van der Waals surface area contributed by atoms with Crippen LogP contribution in [0, 0.1) is 0 Å². The van der Waals surface area contributed by atoms with Crippen LogP contribution in [-0.2, 0) is 0 Å². The average molecular weight is 537 g/mol. The highest BCUT2D eigenvalue weighted by atomic mass is 28.4. The molecule has 0 saturated carbocycles. The van der Waals surface area contributed by atoms with E-state index in [1.807, 2.05) is 0 Å². The molecule has 0 aliphatic heterocycles. The van der Waals surface area contributed by atoms with Crippen molar-refractivity contribution in [2.45, 2.75) is 0 Å². The van der Waals surface area contributed by atoms with Crippen LogP contribution in [0.1, 0.15) is 0 Å². The number of hydrogen-bond donors (Lipinski definition) is 3. The van der Waals surface area contributed by atoms with E-state index in [9.17, 15) is 0 Å². The molecule has 0 atom stereocenters. The van der Waals surface area contributed by atoms with E-state index < -0.39 is 26.2 Å². The molecule has 0 amide bonds. The van der Waals surface area contributed by atoms with Crippen molar-refractivity contribution in [1.29, 1.82) is 0 Å². The number of hydrogen-bond acceptors (Lipinski definition) is 12. The Morgan fingerprint density at radius 3 is 0.500 bits per heavy atom. The Kier molecular flexibility index (Phi) is 13.2. The van der Waals surface area contributed by atoms with Gasteiger partial charge in [0.05, 0.1) is 0 Å². The molecular weight excluding hydrogens is 479 g/mol. The highest BCUT2D eigenvalue weighted by Gasteiger charge is 2.55. The Morgan fingerprint density at radius 1 is 0.294 bits per heavy atom. The Hall–Kier alpha value is 0.236. The van der Waals surface area contributed by atoms with E-state index in [-0.39, 0.29) is 7.12 Å². The maximum atomic E-state index is 4.11. The predicted molar refractivity (Wildman–Crippen MR) is 156 cm³/mol. The van der Waals surface area contributed by atoms with Crippen LogP contribution >= 0.6 is 0 Å². The first-order chi connectivity index (χ1) is 15.3. The Morgan fingerprint density at radius 2 is 0.412 bits per heavy atom. The summed E-state index contributed by atoms with van der Waals surface area (Å²) in [6.07, 6.45) is 0. The van der Waals surface area contributed by atoms with Gasteiger partial charge < -0.3 is 14.7 Å². The van der Waals surface area contributed by atoms with Crippen molar-refractivity contribution in [3.63, 3.8) is 0 Å². The van der Waals surface area contributed by atoms with Gasteiger partial charge in [0, 0.05) is 0 Å². The summed E-state index contributed by atoms with van der Waals surface area (Å²) in [6.45, 7) is 0. The van der Waals surface area contributed by atoms with Gasteiger partial charge in [0.1, 0.15) is 0 Å². The fourth-order valence-electron chi connectivity index (χ4n) is 5.45. The van der Waals surface area contributed by atoms with Gasteiger partial charge >= 0.3 is 33.3 Å². The fourth-order valence-corrected chi connectivity index (χ4v) is 17.0. The van der Waals surface area contributed by atoms with Crippen LogP contribution in [0.5, 0.6) is 0 Å². The number of nitrogens with zero attached hydrogens (tertiary/aromatic N) is 9. The Bertz CT molecular complexity index is 459. The molecule has 0 aromatic heterocycles. The topological polar surface area (TPSA) is 65.3 Å². The summed E-state index contributed by atoms with van der Waals surface area (Å²) in [4.78, 5) is 12.3. The summed E-state index contributed by atoms with van der Waals surface area (Å²) in [5, 5.41) is 0. The van der Waals surface area contributed by atoms with E-state index in [0.29, 0.717) is 0 Å². The van der Waals surface area contributed by atoms with Gasteiger partial charge in [-0.3, -0.25) is 41.1 Å². The summed E-state index contributed by atoms with van der Waals surface area (Å²) in [7, 11) is 31.5. The summed E-state index contributed by atoms with van der Waals surface area (Å²) in [5.74, 6) is 0. The van der Waals surface area contributed by atoms with E-state index in [1.54, 1.807) is 0 Å². The zero-order valence-corrected chi connectivity index (χ0v) is 28.6. The van der Waals surface area contributed by atoms with Crippen molar-refractivity contribution in [2.75, 3.05) is 127 Å². The molecule has 12 nitrogen and oxygen atoms in total. The third kappa shape index (κ3) is 6.56. The van der Waals surface area contributed by atoms with Crippen LogP contribution in [0.4, 0.5) is 0 Å². The van der Waals surface area contributed by atoms with Crippen LogP contribution in [0.25, 0.3) is 0 Å². The number of nitrogens with one attached hydrogen (secondary N) is 3. The van der Waals surface area contributed by atoms with E-state index >= 15 is 0 Å². The van der Waals surface area contributed by atoms with E-state index in [4.69, 9.17) is 0 Å². The third-order valence-electron chi connectivity index (χ3n) is 6.63. The molecule has 3 N–H and O–H groups in total. The molecule has 0 aliphatic rings. The van der Waals surface area contributed by atoms with Crippen LogP contribution in [0.2, 0.25) is 0 Å². The van der Waals surface area contributed by atoms with Crippen molar-refractivity contribution in [3.05, 3.63) is 0 Å². The maximum Gasteiger partial charge on any atom is 0.383 e. The maximum absolute atomic E-state index is 4.11. The third-order valence-corrected chi connectivity index (χ3v) is 19.9. The molecule has 0 radical (unpaired) electrons. The van der Waals surface area contributed by atoms with Gasteiger partial charge in [-0.15, -0.1) is 0 Å². The summed E-state index contributed by atoms with van der Waals surface area (Å²) in [5.41, 5.74) is 0. The standard InChI is InChI=1S/C18H57BN12Si3/c1-23(2)32(24(3)4,25(5)6)20-19(21-33(26(7)8,27(9)10)28(11)12)22-34(29(13)14,30(15)16)31(17)18/h20-22H,1-18H3. The molecule has 34 heavy (non-hydrogen) atoms. The minimum Gasteiger partial charge on any atom is -0.313 e. The van der Waals surface area contributed by atoms with Crippen LogP contribution < -0.4 is 14.7 Å². The quantitative estimate of drug-likeness (QED) is 0.188. The number of rotatable bonds is 15. The molecule has 0 aliphatic carbocycles. The SMILES string of the molecule is CN(C)[Si](NB(N[Si](N(C)C)(N(C)C)N(C)C)N[Si](N(C)C)(N(C)C)N(C)C)(N(C)C)N(C)C. The summed E-state index contributed by atoms with van der Waals surface area (Å²) < 4.78 is 21.1. The predicted octanol–water partition coefficient (Wildman–Crippen LogP) is -2.90. The van der Waals surface area contributed by atoms with Gasteiger partial charge in [0.15, 0.2) is 0 Å². The molecule has 204 valence electrons. The monoisotopic (exact) mass is 536 g/mol. The minimum atomic E-state index is -2.44. The van der Waals surface area contributed by atoms with E-state index in [0.717, 1.165) is 0 Å².